The number of H-pyrrole nitrogens is 1. The Kier molecular flexibility index (Phi) is 4.42. The first-order chi connectivity index (χ1) is 11.1. The lowest BCUT2D eigenvalue weighted by atomic mass is 10.1. The van der Waals surface area contributed by atoms with Crippen molar-refractivity contribution in [2.75, 3.05) is 5.32 Å². The second-order valence-corrected chi connectivity index (χ2v) is 5.74. The van der Waals surface area contributed by atoms with E-state index in [0.29, 0.717) is 6.42 Å². The van der Waals surface area contributed by atoms with Gasteiger partial charge in [0, 0.05) is 23.5 Å². The molecule has 0 fully saturated rings. The zero-order chi connectivity index (χ0) is 16.2. The van der Waals surface area contributed by atoms with Crippen LogP contribution in [0.5, 0.6) is 0 Å². The van der Waals surface area contributed by atoms with Gasteiger partial charge in [-0.2, -0.15) is 0 Å². The van der Waals surface area contributed by atoms with E-state index in [0.717, 1.165) is 23.9 Å². The van der Waals surface area contributed by atoms with Gasteiger partial charge in [0.15, 0.2) is 0 Å². The molecule has 3 rings (SSSR count). The molecular formula is C19H19FN2O. The molecule has 1 aromatic heterocycles. The van der Waals surface area contributed by atoms with Crippen LogP contribution in [0.4, 0.5) is 10.1 Å². The summed E-state index contributed by atoms with van der Waals surface area (Å²) in [5.41, 5.74) is 3.48. The van der Waals surface area contributed by atoms with Crippen molar-refractivity contribution in [2.45, 2.75) is 26.2 Å². The molecule has 2 aromatic carbocycles. The lowest BCUT2D eigenvalue weighted by Gasteiger charge is -2.07. The number of aromatic nitrogens is 1. The Morgan fingerprint density at radius 2 is 2.04 bits per heavy atom. The Morgan fingerprint density at radius 1 is 1.22 bits per heavy atom. The first-order valence-corrected chi connectivity index (χ1v) is 7.74. The molecule has 0 bridgehead atoms. The number of para-hydroxylation sites is 1. The van der Waals surface area contributed by atoms with Crippen LogP contribution in [0.1, 0.15) is 24.0 Å². The minimum Gasteiger partial charge on any atom is -0.361 e. The van der Waals surface area contributed by atoms with Gasteiger partial charge in [0.25, 0.3) is 0 Å². The topological polar surface area (TPSA) is 44.9 Å². The number of aromatic amines is 1. The van der Waals surface area contributed by atoms with Gasteiger partial charge >= 0.3 is 0 Å². The maximum Gasteiger partial charge on any atom is 0.224 e. The molecule has 0 saturated carbocycles. The second-order valence-electron chi connectivity index (χ2n) is 5.74. The van der Waals surface area contributed by atoms with E-state index in [1.807, 2.05) is 31.3 Å². The smallest absolute Gasteiger partial charge is 0.224 e. The van der Waals surface area contributed by atoms with E-state index in [4.69, 9.17) is 0 Å². The molecule has 1 heterocycles. The number of amides is 1. The van der Waals surface area contributed by atoms with Gasteiger partial charge in [-0.15, -0.1) is 0 Å². The van der Waals surface area contributed by atoms with Crippen LogP contribution in [-0.2, 0) is 11.2 Å². The molecule has 0 spiro atoms. The maximum absolute atomic E-state index is 13.6. The van der Waals surface area contributed by atoms with E-state index in [1.54, 1.807) is 12.1 Å². The van der Waals surface area contributed by atoms with Crippen molar-refractivity contribution in [1.29, 1.82) is 0 Å². The van der Waals surface area contributed by atoms with Crippen molar-refractivity contribution < 1.29 is 9.18 Å². The molecule has 0 aliphatic carbocycles. The first kappa shape index (κ1) is 15.3. The second kappa shape index (κ2) is 6.65. The Bertz CT molecular complexity index is 838. The minimum absolute atomic E-state index is 0.158. The molecule has 4 heteroatoms. The summed E-state index contributed by atoms with van der Waals surface area (Å²) in [6.45, 7) is 1.87. The third kappa shape index (κ3) is 3.59. The summed E-state index contributed by atoms with van der Waals surface area (Å²) in [5.74, 6) is -0.560. The normalized spacial score (nSPS) is 10.9. The van der Waals surface area contributed by atoms with Crippen LogP contribution in [0.25, 0.3) is 10.9 Å². The van der Waals surface area contributed by atoms with Crippen molar-refractivity contribution in [2.24, 2.45) is 0 Å². The highest BCUT2D eigenvalue weighted by molar-refractivity contribution is 5.91. The van der Waals surface area contributed by atoms with E-state index in [2.05, 4.69) is 16.4 Å². The third-order valence-corrected chi connectivity index (χ3v) is 3.92. The number of benzene rings is 2. The highest BCUT2D eigenvalue weighted by Gasteiger charge is 2.08. The molecule has 0 saturated heterocycles. The summed E-state index contributed by atoms with van der Waals surface area (Å²) in [7, 11) is 0. The van der Waals surface area contributed by atoms with E-state index < -0.39 is 5.82 Å². The van der Waals surface area contributed by atoms with Crippen LogP contribution in [-0.4, -0.2) is 10.9 Å². The molecule has 0 atom stereocenters. The zero-order valence-corrected chi connectivity index (χ0v) is 13.0. The fraction of sp³-hybridized carbons (Fsp3) is 0.211. The van der Waals surface area contributed by atoms with Gasteiger partial charge in [0.1, 0.15) is 5.82 Å². The van der Waals surface area contributed by atoms with Crippen molar-refractivity contribution in [3.63, 3.8) is 0 Å². The summed E-state index contributed by atoms with van der Waals surface area (Å²) in [6.07, 6.45) is 3.89. The fourth-order valence-corrected chi connectivity index (χ4v) is 2.73. The van der Waals surface area contributed by atoms with Crippen LogP contribution < -0.4 is 5.32 Å². The molecule has 23 heavy (non-hydrogen) atoms. The number of hydrogen-bond donors (Lipinski definition) is 2. The number of fused-ring (bicyclic) bond motifs is 1. The Labute approximate surface area is 134 Å². The highest BCUT2D eigenvalue weighted by Crippen LogP contribution is 2.20. The van der Waals surface area contributed by atoms with E-state index in [1.165, 1.54) is 17.0 Å². The first-order valence-electron chi connectivity index (χ1n) is 7.74. The van der Waals surface area contributed by atoms with E-state index >= 15 is 0 Å². The standard InChI is InChI=1S/C19H19FN2O/c1-13-9-10-16(20)18(11-13)22-19(23)8-4-5-14-12-21-17-7-3-2-6-15(14)17/h2-3,6-7,9-12,21H,4-5,8H2,1H3,(H,22,23). The van der Waals surface area contributed by atoms with Crippen molar-refractivity contribution in [1.82, 2.24) is 4.98 Å². The van der Waals surface area contributed by atoms with Crippen LogP contribution in [0.2, 0.25) is 0 Å². The number of halogens is 1. The van der Waals surface area contributed by atoms with Crippen LogP contribution in [0.15, 0.2) is 48.7 Å². The molecule has 118 valence electrons. The van der Waals surface area contributed by atoms with Crippen LogP contribution >= 0.6 is 0 Å². The number of carbonyl (C=O) groups excluding carboxylic acids is 1. The number of nitrogens with one attached hydrogen (secondary N) is 2. The fourth-order valence-electron chi connectivity index (χ4n) is 2.73. The summed E-state index contributed by atoms with van der Waals surface area (Å²) >= 11 is 0. The number of aryl methyl sites for hydroxylation is 2. The number of rotatable bonds is 5. The van der Waals surface area contributed by atoms with Gasteiger partial charge in [-0.05, 0) is 49.1 Å². The Balaban J connectivity index is 1.56. The van der Waals surface area contributed by atoms with Gasteiger partial charge in [-0.1, -0.05) is 24.3 Å². The van der Waals surface area contributed by atoms with Gasteiger partial charge in [-0.25, -0.2) is 4.39 Å². The van der Waals surface area contributed by atoms with Crippen LogP contribution in [0.3, 0.4) is 0 Å². The van der Waals surface area contributed by atoms with Gasteiger partial charge < -0.3 is 10.3 Å². The molecule has 0 aliphatic rings. The molecule has 0 aliphatic heterocycles. The number of carbonyl (C=O) groups is 1. The molecular weight excluding hydrogens is 291 g/mol. The lowest BCUT2D eigenvalue weighted by molar-refractivity contribution is -0.116. The Hall–Kier alpha value is -2.62. The average molecular weight is 310 g/mol. The molecule has 0 unspecified atom stereocenters. The third-order valence-electron chi connectivity index (χ3n) is 3.92. The number of anilines is 1. The largest absolute Gasteiger partial charge is 0.361 e. The van der Waals surface area contributed by atoms with Crippen molar-refractivity contribution in [3.8, 4) is 0 Å². The van der Waals surface area contributed by atoms with Crippen LogP contribution in [0, 0.1) is 12.7 Å². The monoisotopic (exact) mass is 310 g/mol. The molecule has 2 N–H and O–H groups in total. The predicted molar refractivity (Wildman–Crippen MR) is 91.0 cm³/mol. The van der Waals surface area contributed by atoms with Crippen molar-refractivity contribution >= 4 is 22.5 Å². The van der Waals surface area contributed by atoms with Gasteiger partial charge in [-0.3, -0.25) is 4.79 Å². The maximum atomic E-state index is 13.6. The van der Waals surface area contributed by atoms with E-state index in [-0.39, 0.29) is 11.6 Å². The molecule has 0 radical (unpaired) electrons. The van der Waals surface area contributed by atoms with Gasteiger partial charge in [0.05, 0.1) is 5.69 Å². The summed E-state index contributed by atoms with van der Waals surface area (Å²) in [5, 5.41) is 3.84. The molecule has 1 amide bonds. The molecule has 3 aromatic rings. The summed E-state index contributed by atoms with van der Waals surface area (Å²) in [6, 6.07) is 12.8. The SMILES string of the molecule is Cc1ccc(F)c(NC(=O)CCCc2c[nH]c3ccccc23)c1. The summed E-state index contributed by atoms with van der Waals surface area (Å²) in [4.78, 5) is 15.2. The quantitative estimate of drug-likeness (QED) is 0.712. The summed E-state index contributed by atoms with van der Waals surface area (Å²) < 4.78 is 13.6. The number of hydrogen-bond acceptors (Lipinski definition) is 1. The van der Waals surface area contributed by atoms with Gasteiger partial charge in [0.2, 0.25) is 5.91 Å². The minimum atomic E-state index is -0.402. The van der Waals surface area contributed by atoms with Crippen molar-refractivity contribution in [3.05, 3.63) is 65.6 Å². The average Bonchev–Trinajstić information content (AvgIpc) is 2.94. The Morgan fingerprint density at radius 3 is 2.91 bits per heavy atom. The molecule has 3 nitrogen and oxygen atoms in total. The highest BCUT2D eigenvalue weighted by atomic mass is 19.1. The lowest BCUT2D eigenvalue weighted by Crippen LogP contribution is -2.12. The van der Waals surface area contributed by atoms with E-state index in [9.17, 15) is 9.18 Å². The zero-order valence-electron chi connectivity index (χ0n) is 13.0. The predicted octanol–water partition coefficient (Wildman–Crippen LogP) is 4.58.